The summed E-state index contributed by atoms with van der Waals surface area (Å²) < 4.78 is 34.2. The molecule has 4 aromatic rings. The van der Waals surface area contributed by atoms with Gasteiger partial charge in [-0.3, -0.25) is 14.4 Å². The van der Waals surface area contributed by atoms with Crippen molar-refractivity contribution in [2.24, 2.45) is 0 Å². The topological polar surface area (TPSA) is 104 Å². The Hall–Kier alpha value is -3.67. The zero-order valence-corrected chi connectivity index (χ0v) is 23.5. The summed E-state index contributed by atoms with van der Waals surface area (Å²) in [6.07, 6.45) is 0. The van der Waals surface area contributed by atoms with Crippen LogP contribution in [0.2, 0.25) is 0 Å². The predicted molar refractivity (Wildman–Crippen MR) is 156 cm³/mol. The lowest BCUT2D eigenvalue weighted by Gasteiger charge is -2.34. The third kappa shape index (κ3) is 6.49. The van der Waals surface area contributed by atoms with Gasteiger partial charge in [0, 0.05) is 50.5 Å². The van der Waals surface area contributed by atoms with Crippen LogP contribution in [0, 0.1) is 6.92 Å². The number of carbonyl (C=O) groups is 1. The van der Waals surface area contributed by atoms with E-state index in [1.807, 2.05) is 25.1 Å². The van der Waals surface area contributed by atoms with Gasteiger partial charge in [-0.2, -0.15) is 0 Å². The number of benzene rings is 3. The SMILES string of the molecule is COc1ccc2nc(N3CCN(CCNC(=O)c4ccc(NS(=O)(=O)c5ccc(C)cc5)cc4)CC3)sc2c1. The lowest BCUT2D eigenvalue weighted by atomic mass is 10.2. The molecule has 1 aliphatic rings. The molecule has 9 nitrogen and oxygen atoms in total. The van der Waals surface area contributed by atoms with E-state index < -0.39 is 10.0 Å². The van der Waals surface area contributed by atoms with Crippen LogP contribution in [0.4, 0.5) is 10.8 Å². The normalized spacial score (nSPS) is 14.4. The Balaban J connectivity index is 1.07. The molecule has 1 saturated heterocycles. The summed E-state index contributed by atoms with van der Waals surface area (Å²) in [5, 5.41) is 3.99. The number of carbonyl (C=O) groups excluding carboxylic acids is 1. The van der Waals surface area contributed by atoms with Gasteiger partial charge in [-0.15, -0.1) is 0 Å². The van der Waals surface area contributed by atoms with Gasteiger partial charge in [0.05, 0.1) is 22.2 Å². The number of hydrogen-bond donors (Lipinski definition) is 2. The fraction of sp³-hybridized carbons (Fsp3) is 0.286. The van der Waals surface area contributed by atoms with Gasteiger partial charge < -0.3 is 15.0 Å². The Kier molecular flexibility index (Phi) is 8.01. The summed E-state index contributed by atoms with van der Waals surface area (Å²) in [6.45, 7) is 6.73. The molecule has 0 atom stereocenters. The quantitative estimate of drug-likeness (QED) is 0.317. The highest BCUT2D eigenvalue weighted by atomic mass is 32.2. The second kappa shape index (κ2) is 11.6. The fourth-order valence-corrected chi connectivity index (χ4v) is 6.47. The highest BCUT2D eigenvalue weighted by Crippen LogP contribution is 2.31. The van der Waals surface area contributed by atoms with E-state index in [-0.39, 0.29) is 10.8 Å². The molecule has 1 aliphatic heterocycles. The van der Waals surface area contributed by atoms with Crippen LogP contribution in [0.1, 0.15) is 15.9 Å². The molecule has 11 heteroatoms. The van der Waals surface area contributed by atoms with Gasteiger partial charge in [0.1, 0.15) is 5.75 Å². The van der Waals surface area contributed by atoms with Gasteiger partial charge in [-0.05, 0) is 61.5 Å². The van der Waals surface area contributed by atoms with Gasteiger partial charge >= 0.3 is 0 Å². The molecule has 1 aromatic heterocycles. The first-order valence-electron chi connectivity index (χ1n) is 12.7. The molecule has 0 spiro atoms. The number of nitrogens with one attached hydrogen (secondary N) is 2. The van der Waals surface area contributed by atoms with Crippen molar-refractivity contribution in [3.05, 3.63) is 77.9 Å². The van der Waals surface area contributed by atoms with Crippen LogP contribution in [-0.4, -0.2) is 70.6 Å². The number of anilines is 2. The Morgan fingerprint density at radius 1 is 1.00 bits per heavy atom. The van der Waals surface area contributed by atoms with E-state index in [1.54, 1.807) is 67.0 Å². The van der Waals surface area contributed by atoms with Crippen LogP contribution in [0.5, 0.6) is 5.75 Å². The minimum atomic E-state index is -3.69. The molecular weight excluding hydrogens is 534 g/mol. The monoisotopic (exact) mass is 565 g/mol. The van der Waals surface area contributed by atoms with Gasteiger partial charge in [0.2, 0.25) is 0 Å². The van der Waals surface area contributed by atoms with E-state index in [1.165, 1.54) is 0 Å². The fourth-order valence-electron chi connectivity index (χ4n) is 4.37. The maximum Gasteiger partial charge on any atom is 0.261 e. The zero-order chi connectivity index (χ0) is 27.4. The molecule has 3 aromatic carbocycles. The Morgan fingerprint density at radius 2 is 1.72 bits per heavy atom. The number of methoxy groups -OCH3 is 1. The highest BCUT2D eigenvalue weighted by Gasteiger charge is 2.20. The summed E-state index contributed by atoms with van der Waals surface area (Å²) >= 11 is 1.68. The van der Waals surface area contributed by atoms with Gasteiger partial charge in [-0.1, -0.05) is 29.0 Å². The Bertz CT molecular complexity index is 1550. The number of hydrogen-bond acceptors (Lipinski definition) is 8. The molecule has 2 N–H and O–H groups in total. The minimum Gasteiger partial charge on any atom is -0.497 e. The van der Waals surface area contributed by atoms with Gasteiger partial charge in [0.25, 0.3) is 15.9 Å². The van der Waals surface area contributed by atoms with Crippen molar-refractivity contribution in [1.29, 1.82) is 0 Å². The highest BCUT2D eigenvalue weighted by molar-refractivity contribution is 7.92. The maximum absolute atomic E-state index is 12.6. The number of sulfonamides is 1. The van der Waals surface area contributed by atoms with E-state index in [2.05, 4.69) is 19.8 Å². The molecule has 0 unspecified atom stereocenters. The van der Waals surface area contributed by atoms with Crippen molar-refractivity contribution >= 4 is 48.3 Å². The number of piperazine rings is 1. The average molecular weight is 566 g/mol. The first-order valence-corrected chi connectivity index (χ1v) is 15.0. The molecule has 0 bridgehead atoms. The number of fused-ring (bicyclic) bond motifs is 1. The van der Waals surface area contributed by atoms with Crippen LogP contribution < -0.4 is 19.7 Å². The number of amides is 1. The standard InChI is InChI=1S/C28H31N5O4S2/c1-20-3-10-24(11-4-20)39(35,36)31-22-7-5-21(6-8-22)27(34)29-13-14-32-15-17-33(18-16-32)28-30-25-12-9-23(37-2)19-26(25)38-28/h3-12,19,31H,13-18H2,1-2H3,(H,29,34). The van der Waals surface area contributed by atoms with Crippen molar-refractivity contribution in [3.63, 3.8) is 0 Å². The lowest BCUT2D eigenvalue weighted by molar-refractivity contribution is 0.0948. The second-order valence-corrected chi connectivity index (χ2v) is 12.1. The molecule has 2 heterocycles. The van der Waals surface area contributed by atoms with E-state index in [4.69, 9.17) is 9.72 Å². The minimum absolute atomic E-state index is 0.188. The smallest absolute Gasteiger partial charge is 0.261 e. The van der Waals surface area contributed by atoms with Gasteiger partial charge in [0.15, 0.2) is 5.13 Å². The first kappa shape index (κ1) is 26.9. The largest absolute Gasteiger partial charge is 0.497 e. The Morgan fingerprint density at radius 3 is 2.41 bits per heavy atom. The maximum atomic E-state index is 12.6. The summed E-state index contributed by atoms with van der Waals surface area (Å²) in [5.41, 5.74) is 2.85. The van der Waals surface area contributed by atoms with Crippen LogP contribution in [0.25, 0.3) is 10.2 Å². The van der Waals surface area contributed by atoms with Gasteiger partial charge in [-0.25, -0.2) is 13.4 Å². The number of ether oxygens (including phenoxy) is 1. The molecule has 5 rings (SSSR count). The van der Waals surface area contributed by atoms with Crippen molar-refractivity contribution < 1.29 is 17.9 Å². The molecule has 1 amide bonds. The van der Waals surface area contributed by atoms with E-state index >= 15 is 0 Å². The average Bonchev–Trinajstić information content (AvgIpc) is 3.37. The van der Waals surface area contributed by atoms with Crippen molar-refractivity contribution in [2.75, 3.05) is 56.0 Å². The number of thiazole rings is 1. The summed E-state index contributed by atoms with van der Waals surface area (Å²) in [7, 11) is -2.02. The molecule has 0 saturated carbocycles. The molecule has 39 heavy (non-hydrogen) atoms. The number of nitrogens with zero attached hydrogens (tertiary/aromatic N) is 3. The summed E-state index contributed by atoms with van der Waals surface area (Å²) in [4.78, 5) is 22.2. The van der Waals surface area contributed by atoms with E-state index in [0.717, 1.165) is 59.4 Å². The van der Waals surface area contributed by atoms with Crippen molar-refractivity contribution in [3.8, 4) is 5.75 Å². The molecule has 204 valence electrons. The summed E-state index contributed by atoms with van der Waals surface area (Å²) in [5.74, 6) is 0.648. The second-order valence-electron chi connectivity index (χ2n) is 9.41. The van der Waals surface area contributed by atoms with E-state index in [0.29, 0.717) is 17.8 Å². The third-order valence-electron chi connectivity index (χ3n) is 6.67. The summed E-state index contributed by atoms with van der Waals surface area (Å²) in [6, 6.07) is 19.0. The number of aromatic nitrogens is 1. The molecule has 1 fully saturated rings. The molecular formula is C28H31N5O4S2. The van der Waals surface area contributed by atoms with Crippen molar-refractivity contribution in [1.82, 2.24) is 15.2 Å². The lowest BCUT2D eigenvalue weighted by Crippen LogP contribution is -2.48. The number of aryl methyl sites for hydroxylation is 1. The van der Waals surface area contributed by atoms with Crippen molar-refractivity contribution in [2.45, 2.75) is 11.8 Å². The predicted octanol–water partition coefficient (Wildman–Crippen LogP) is 3.97. The van der Waals surface area contributed by atoms with Crippen LogP contribution >= 0.6 is 11.3 Å². The molecule has 0 aliphatic carbocycles. The zero-order valence-electron chi connectivity index (χ0n) is 21.9. The number of rotatable bonds is 9. The first-order chi connectivity index (χ1) is 18.8. The van der Waals surface area contributed by atoms with Crippen LogP contribution in [0.15, 0.2) is 71.6 Å². The third-order valence-corrected chi connectivity index (χ3v) is 9.15. The van der Waals surface area contributed by atoms with Crippen LogP contribution in [0.3, 0.4) is 0 Å². The molecule has 0 radical (unpaired) electrons. The Labute approximate surface area is 232 Å². The van der Waals surface area contributed by atoms with E-state index in [9.17, 15) is 13.2 Å². The van der Waals surface area contributed by atoms with Crippen LogP contribution in [-0.2, 0) is 10.0 Å².